The van der Waals surface area contributed by atoms with E-state index in [-0.39, 0.29) is 18.0 Å². The maximum Gasteiger partial charge on any atom is 0.410 e. The summed E-state index contributed by atoms with van der Waals surface area (Å²) in [6, 6.07) is 6.29. The van der Waals surface area contributed by atoms with Crippen LogP contribution in [0.25, 0.3) is 0 Å². The average Bonchev–Trinajstić information content (AvgIpc) is 2.46. The van der Waals surface area contributed by atoms with Crippen molar-refractivity contribution in [1.29, 1.82) is 0 Å². The van der Waals surface area contributed by atoms with Crippen molar-refractivity contribution in [2.45, 2.75) is 51.7 Å². The summed E-state index contributed by atoms with van der Waals surface area (Å²) >= 11 is 0. The molecule has 5 heteroatoms. The number of rotatable bonds is 3. The van der Waals surface area contributed by atoms with Crippen molar-refractivity contribution >= 4 is 6.09 Å². The molecule has 1 heterocycles. The highest BCUT2D eigenvalue weighted by atomic mass is 19.1. The number of hydrogen-bond donors (Lipinski definition) is 1. The van der Waals surface area contributed by atoms with Gasteiger partial charge in [-0.3, -0.25) is 0 Å². The van der Waals surface area contributed by atoms with E-state index in [1.54, 1.807) is 17.0 Å². The Morgan fingerprint density at radius 2 is 1.87 bits per heavy atom. The van der Waals surface area contributed by atoms with Crippen molar-refractivity contribution in [3.8, 4) is 0 Å². The van der Waals surface area contributed by atoms with E-state index < -0.39 is 5.60 Å². The lowest BCUT2D eigenvalue weighted by Crippen LogP contribution is -2.42. The Morgan fingerprint density at radius 3 is 2.39 bits per heavy atom. The first-order chi connectivity index (χ1) is 10.7. The molecule has 0 spiro atoms. The van der Waals surface area contributed by atoms with E-state index in [2.05, 4.69) is 0 Å². The van der Waals surface area contributed by atoms with Crippen LogP contribution in [0.2, 0.25) is 0 Å². The highest BCUT2D eigenvalue weighted by Gasteiger charge is 2.27. The standard InChI is InChI=1S/C18H27FN2O2/c1-18(2,3)23-17(22)21-10-8-13(9-11-21)12-16(20)14-4-6-15(19)7-5-14/h4-7,13,16H,8-12,20H2,1-3H3. The number of carbonyl (C=O) groups excluding carboxylic acids is 1. The molecule has 2 N–H and O–H groups in total. The fraction of sp³-hybridized carbons (Fsp3) is 0.611. The molecule has 0 radical (unpaired) electrons. The van der Waals surface area contributed by atoms with Gasteiger partial charge < -0.3 is 15.4 Å². The summed E-state index contributed by atoms with van der Waals surface area (Å²) in [4.78, 5) is 13.8. The van der Waals surface area contributed by atoms with E-state index in [1.807, 2.05) is 20.8 Å². The molecule has 23 heavy (non-hydrogen) atoms. The molecule has 1 fully saturated rings. The topological polar surface area (TPSA) is 55.6 Å². The molecule has 1 aliphatic rings. The molecule has 0 aromatic heterocycles. The van der Waals surface area contributed by atoms with Crippen molar-refractivity contribution in [3.63, 3.8) is 0 Å². The molecule has 1 aliphatic heterocycles. The lowest BCUT2D eigenvalue weighted by Gasteiger charge is -2.34. The summed E-state index contributed by atoms with van der Waals surface area (Å²) in [5, 5.41) is 0. The molecule has 128 valence electrons. The lowest BCUT2D eigenvalue weighted by atomic mass is 9.88. The Labute approximate surface area is 137 Å². The van der Waals surface area contributed by atoms with Gasteiger partial charge in [0.05, 0.1) is 0 Å². The van der Waals surface area contributed by atoms with Crippen LogP contribution >= 0.6 is 0 Å². The molecule has 1 aromatic rings. The van der Waals surface area contributed by atoms with Gasteiger partial charge in [0.25, 0.3) is 0 Å². The van der Waals surface area contributed by atoms with Crippen molar-refractivity contribution in [2.24, 2.45) is 11.7 Å². The van der Waals surface area contributed by atoms with Gasteiger partial charge in [-0.15, -0.1) is 0 Å². The lowest BCUT2D eigenvalue weighted by molar-refractivity contribution is 0.0179. The number of piperidine rings is 1. The van der Waals surface area contributed by atoms with E-state index in [0.29, 0.717) is 19.0 Å². The van der Waals surface area contributed by atoms with E-state index in [9.17, 15) is 9.18 Å². The van der Waals surface area contributed by atoms with Crippen LogP contribution in [0.3, 0.4) is 0 Å². The second-order valence-electron chi connectivity index (χ2n) is 7.30. The van der Waals surface area contributed by atoms with Crippen LogP contribution in [0.15, 0.2) is 24.3 Å². The van der Waals surface area contributed by atoms with Crippen molar-refractivity contribution in [1.82, 2.24) is 4.90 Å². The Morgan fingerprint density at radius 1 is 1.30 bits per heavy atom. The van der Waals surface area contributed by atoms with Gasteiger partial charge in [0.15, 0.2) is 0 Å². The first-order valence-electron chi connectivity index (χ1n) is 8.23. The molecule has 1 aromatic carbocycles. The van der Waals surface area contributed by atoms with Crippen molar-refractivity contribution < 1.29 is 13.9 Å². The zero-order valence-corrected chi connectivity index (χ0v) is 14.2. The van der Waals surface area contributed by atoms with E-state index in [4.69, 9.17) is 10.5 Å². The van der Waals surface area contributed by atoms with Crippen LogP contribution in [-0.2, 0) is 4.74 Å². The first kappa shape index (κ1) is 17.7. The third kappa shape index (κ3) is 5.50. The second kappa shape index (κ2) is 7.30. The zero-order chi connectivity index (χ0) is 17.0. The smallest absolute Gasteiger partial charge is 0.410 e. The minimum atomic E-state index is -0.459. The number of halogens is 1. The molecule has 1 amide bonds. The Bertz CT molecular complexity index is 517. The summed E-state index contributed by atoms with van der Waals surface area (Å²) in [6.45, 7) is 7.03. The number of amides is 1. The van der Waals surface area contributed by atoms with Gasteiger partial charge in [-0.25, -0.2) is 9.18 Å². The number of nitrogens with zero attached hydrogens (tertiary/aromatic N) is 1. The number of carbonyl (C=O) groups is 1. The number of ether oxygens (including phenoxy) is 1. The number of likely N-dealkylation sites (tertiary alicyclic amines) is 1. The largest absolute Gasteiger partial charge is 0.444 e. The first-order valence-corrected chi connectivity index (χ1v) is 8.23. The fourth-order valence-electron chi connectivity index (χ4n) is 2.88. The number of benzene rings is 1. The highest BCUT2D eigenvalue weighted by Crippen LogP contribution is 2.27. The molecule has 0 saturated carbocycles. The summed E-state index contributed by atoms with van der Waals surface area (Å²) in [5.41, 5.74) is 6.73. The molecule has 1 atom stereocenters. The summed E-state index contributed by atoms with van der Waals surface area (Å²) in [6.07, 6.45) is 2.47. The Kier molecular flexibility index (Phi) is 5.63. The average molecular weight is 322 g/mol. The molecule has 2 rings (SSSR count). The van der Waals surface area contributed by atoms with Crippen LogP contribution in [0, 0.1) is 11.7 Å². The van der Waals surface area contributed by atoms with Gasteiger partial charge in [0, 0.05) is 19.1 Å². The Balaban J connectivity index is 1.80. The van der Waals surface area contributed by atoms with Crippen LogP contribution in [-0.4, -0.2) is 29.7 Å². The molecular formula is C18H27FN2O2. The van der Waals surface area contributed by atoms with Crippen molar-refractivity contribution in [3.05, 3.63) is 35.6 Å². The van der Waals surface area contributed by atoms with E-state index >= 15 is 0 Å². The number of hydrogen-bond acceptors (Lipinski definition) is 3. The summed E-state index contributed by atoms with van der Waals surface area (Å²) < 4.78 is 18.4. The van der Waals surface area contributed by atoms with Gasteiger partial charge in [-0.05, 0) is 63.6 Å². The van der Waals surface area contributed by atoms with Crippen LogP contribution in [0.5, 0.6) is 0 Å². The van der Waals surface area contributed by atoms with Crippen LogP contribution in [0.1, 0.15) is 51.6 Å². The summed E-state index contributed by atoms with van der Waals surface area (Å²) in [5.74, 6) is 0.236. The Hall–Kier alpha value is -1.62. The minimum Gasteiger partial charge on any atom is -0.444 e. The summed E-state index contributed by atoms with van der Waals surface area (Å²) in [7, 11) is 0. The molecule has 0 bridgehead atoms. The van der Waals surface area contributed by atoms with Gasteiger partial charge >= 0.3 is 6.09 Å². The third-order valence-corrected chi connectivity index (χ3v) is 4.15. The predicted octanol–water partition coefficient (Wildman–Crippen LogP) is 3.86. The van der Waals surface area contributed by atoms with Crippen LogP contribution < -0.4 is 5.73 Å². The third-order valence-electron chi connectivity index (χ3n) is 4.15. The van der Waals surface area contributed by atoms with Gasteiger partial charge in [-0.1, -0.05) is 12.1 Å². The molecule has 0 aliphatic carbocycles. The van der Waals surface area contributed by atoms with Crippen molar-refractivity contribution in [2.75, 3.05) is 13.1 Å². The monoisotopic (exact) mass is 322 g/mol. The zero-order valence-electron chi connectivity index (χ0n) is 14.2. The molecule has 4 nitrogen and oxygen atoms in total. The van der Waals surface area contributed by atoms with Gasteiger partial charge in [-0.2, -0.15) is 0 Å². The van der Waals surface area contributed by atoms with Crippen LogP contribution in [0.4, 0.5) is 9.18 Å². The SMILES string of the molecule is CC(C)(C)OC(=O)N1CCC(CC(N)c2ccc(F)cc2)CC1. The molecular weight excluding hydrogens is 295 g/mol. The van der Waals surface area contributed by atoms with Gasteiger partial charge in [0.2, 0.25) is 0 Å². The molecule has 1 saturated heterocycles. The fourth-order valence-corrected chi connectivity index (χ4v) is 2.88. The second-order valence-corrected chi connectivity index (χ2v) is 7.30. The normalized spacial score (nSPS) is 17.9. The predicted molar refractivity (Wildman–Crippen MR) is 88.5 cm³/mol. The van der Waals surface area contributed by atoms with Gasteiger partial charge in [0.1, 0.15) is 11.4 Å². The van der Waals surface area contributed by atoms with E-state index in [0.717, 1.165) is 24.8 Å². The maximum absolute atomic E-state index is 13.0. The molecule has 1 unspecified atom stereocenters. The minimum absolute atomic E-state index is 0.0892. The number of nitrogens with two attached hydrogens (primary N) is 1. The maximum atomic E-state index is 13.0. The highest BCUT2D eigenvalue weighted by molar-refractivity contribution is 5.68. The quantitative estimate of drug-likeness (QED) is 0.919. The van der Waals surface area contributed by atoms with E-state index in [1.165, 1.54) is 12.1 Å².